The van der Waals surface area contributed by atoms with Crippen LogP contribution in [-0.4, -0.2) is 39.1 Å². The van der Waals surface area contributed by atoms with Crippen LogP contribution in [0.3, 0.4) is 0 Å². The monoisotopic (exact) mass is 287 g/mol. The minimum atomic E-state index is -0.120. The van der Waals surface area contributed by atoms with Crippen LogP contribution in [0, 0.1) is 12.8 Å². The summed E-state index contributed by atoms with van der Waals surface area (Å²) in [4.78, 5) is 6.95. The molecular weight excluding hydrogens is 262 g/mol. The van der Waals surface area contributed by atoms with Gasteiger partial charge in [0.2, 0.25) is 0 Å². The average Bonchev–Trinajstić information content (AvgIpc) is 2.82. The number of aryl methyl sites for hydroxylation is 1. The van der Waals surface area contributed by atoms with Gasteiger partial charge in [0.05, 0.1) is 11.8 Å². The molecule has 3 rings (SSSR count). The summed E-state index contributed by atoms with van der Waals surface area (Å²) < 4.78 is 2.09. The van der Waals surface area contributed by atoms with Crippen molar-refractivity contribution in [3.8, 4) is 0 Å². The van der Waals surface area contributed by atoms with Crippen LogP contribution in [0.15, 0.2) is 24.5 Å². The molecule has 0 radical (unpaired) electrons. The fourth-order valence-electron chi connectivity index (χ4n) is 3.37. The van der Waals surface area contributed by atoms with E-state index in [2.05, 4.69) is 52.8 Å². The lowest BCUT2D eigenvalue weighted by molar-refractivity contribution is 0.0500. The molecule has 1 saturated carbocycles. The summed E-state index contributed by atoms with van der Waals surface area (Å²) in [6.45, 7) is 3.88. The van der Waals surface area contributed by atoms with E-state index < -0.39 is 0 Å². The van der Waals surface area contributed by atoms with E-state index in [0.717, 1.165) is 37.3 Å². The molecule has 2 aromatic heterocycles. The van der Waals surface area contributed by atoms with E-state index in [1.54, 1.807) is 0 Å². The van der Waals surface area contributed by atoms with Crippen LogP contribution in [0.1, 0.15) is 36.9 Å². The lowest BCUT2D eigenvalue weighted by Crippen LogP contribution is -2.34. The first-order valence-corrected chi connectivity index (χ1v) is 7.92. The predicted molar refractivity (Wildman–Crippen MR) is 84.2 cm³/mol. The van der Waals surface area contributed by atoms with E-state index in [-0.39, 0.29) is 6.10 Å². The lowest BCUT2D eigenvalue weighted by Gasteiger charge is -2.30. The van der Waals surface area contributed by atoms with Gasteiger partial charge in [0.1, 0.15) is 5.65 Å². The van der Waals surface area contributed by atoms with Crippen molar-refractivity contribution in [2.24, 2.45) is 5.92 Å². The molecule has 0 bridgehead atoms. The molecule has 2 unspecified atom stereocenters. The Hall–Kier alpha value is -1.39. The van der Waals surface area contributed by atoms with Crippen molar-refractivity contribution >= 4 is 5.65 Å². The van der Waals surface area contributed by atoms with E-state index >= 15 is 0 Å². The van der Waals surface area contributed by atoms with Crippen LogP contribution in [0.4, 0.5) is 0 Å². The third kappa shape index (κ3) is 3.44. The normalized spacial score (nSPS) is 23.0. The van der Waals surface area contributed by atoms with Crippen LogP contribution >= 0.6 is 0 Å². The van der Waals surface area contributed by atoms with Gasteiger partial charge in [-0.2, -0.15) is 0 Å². The minimum absolute atomic E-state index is 0.120. The van der Waals surface area contributed by atoms with Crippen LogP contribution in [0.2, 0.25) is 0 Å². The van der Waals surface area contributed by atoms with Gasteiger partial charge >= 0.3 is 0 Å². The van der Waals surface area contributed by atoms with E-state index in [9.17, 15) is 5.11 Å². The zero-order valence-electron chi connectivity index (χ0n) is 13.0. The second-order valence-electron chi connectivity index (χ2n) is 6.51. The minimum Gasteiger partial charge on any atom is -0.393 e. The fourth-order valence-corrected chi connectivity index (χ4v) is 3.37. The zero-order valence-corrected chi connectivity index (χ0v) is 13.0. The van der Waals surface area contributed by atoms with Gasteiger partial charge in [-0.15, -0.1) is 0 Å². The number of aliphatic hydroxyl groups excluding tert-OH is 1. The number of aromatic nitrogens is 2. The van der Waals surface area contributed by atoms with Gasteiger partial charge < -0.3 is 14.4 Å². The Balaban J connectivity index is 1.64. The highest BCUT2D eigenvalue weighted by atomic mass is 16.3. The van der Waals surface area contributed by atoms with E-state index in [0.29, 0.717) is 5.92 Å². The number of nitrogens with zero attached hydrogens (tertiary/aromatic N) is 3. The molecule has 2 atom stereocenters. The van der Waals surface area contributed by atoms with Crippen molar-refractivity contribution in [1.82, 2.24) is 14.3 Å². The number of pyridine rings is 1. The van der Waals surface area contributed by atoms with Crippen molar-refractivity contribution in [1.29, 1.82) is 0 Å². The highest BCUT2D eigenvalue weighted by molar-refractivity contribution is 5.41. The van der Waals surface area contributed by atoms with Crippen LogP contribution in [0.25, 0.3) is 5.65 Å². The topological polar surface area (TPSA) is 40.8 Å². The maximum Gasteiger partial charge on any atom is 0.137 e. The lowest BCUT2D eigenvalue weighted by atomic mass is 9.86. The standard InChI is InChI=1S/C17H25N3O/c1-13-7-8-17-18-15(12-20(17)9-13)11-19(2)10-14-5-3-4-6-16(14)21/h7-9,12,14,16,21H,3-6,10-11H2,1-2H3. The highest BCUT2D eigenvalue weighted by Gasteiger charge is 2.24. The van der Waals surface area contributed by atoms with E-state index in [1.165, 1.54) is 18.4 Å². The Morgan fingerprint density at radius 2 is 2.10 bits per heavy atom. The first kappa shape index (κ1) is 14.5. The Morgan fingerprint density at radius 3 is 2.90 bits per heavy atom. The maximum absolute atomic E-state index is 10.1. The third-order valence-corrected chi connectivity index (χ3v) is 4.50. The van der Waals surface area contributed by atoms with E-state index in [1.807, 2.05) is 0 Å². The molecule has 1 fully saturated rings. The summed E-state index contributed by atoms with van der Waals surface area (Å²) in [7, 11) is 2.12. The molecule has 1 aliphatic rings. The third-order valence-electron chi connectivity index (χ3n) is 4.50. The van der Waals surface area contributed by atoms with Gasteiger partial charge in [0.25, 0.3) is 0 Å². The summed E-state index contributed by atoms with van der Waals surface area (Å²) >= 11 is 0. The van der Waals surface area contributed by atoms with Gasteiger partial charge in [0.15, 0.2) is 0 Å². The maximum atomic E-state index is 10.1. The molecule has 0 amide bonds. The van der Waals surface area contributed by atoms with Crippen molar-refractivity contribution in [2.45, 2.75) is 45.3 Å². The van der Waals surface area contributed by atoms with Gasteiger partial charge in [-0.05, 0) is 44.4 Å². The SMILES string of the molecule is Cc1ccc2nc(CN(C)CC3CCCCC3O)cn2c1. The molecule has 4 heteroatoms. The second kappa shape index (κ2) is 6.16. The molecular formula is C17H25N3O. The Morgan fingerprint density at radius 1 is 1.29 bits per heavy atom. The van der Waals surface area contributed by atoms with Gasteiger partial charge in [0, 0.05) is 25.5 Å². The number of hydrogen-bond acceptors (Lipinski definition) is 3. The summed E-state index contributed by atoms with van der Waals surface area (Å²) in [6.07, 6.45) is 8.63. The van der Waals surface area contributed by atoms with Crippen LogP contribution in [-0.2, 0) is 6.54 Å². The van der Waals surface area contributed by atoms with Gasteiger partial charge in [-0.1, -0.05) is 18.9 Å². The van der Waals surface area contributed by atoms with Crippen molar-refractivity contribution < 1.29 is 5.11 Å². The molecule has 0 saturated heterocycles. The number of fused-ring (bicyclic) bond motifs is 1. The zero-order chi connectivity index (χ0) is 14.8. The fraction of sp³-hybridized carbons (Fsp3) is 0.588. The first-order valence-electron chi connectivity index (χ1n) is 7.92. The quantitative estimate of drug-likeness (QED) is 0.940. The number of imidazole rings is 1. The molecule has 4 nitrogen and oxygen atoms in total. The van der Waals surface area contributed by atoms with Crippen molar-refractivity contribution in [3.05, 3.63) is 35.8 Å². The molecule has 0 aromatic carbocycles. The molecule has 2 aromatic rings. The molecule has 0 spiro atoms. The smallest absolute Gasteiger partial charge is 0.137 e. The van der Waals surface area contributed by atoms with Gasteiger partial charge in [-0.25, -0.2) is 4.98 Å². The average molecular weight is 287 g/mol. The number of hydrogen-bond donors (Lipinski definition) is 1. The Labute approximate surface area is 126 Å². The summed E-state index contributed by atoms with van der Waals surface area (Å²) in [5.41, 5.74) is 3.33. The molecule has 1 aliphatic carbocycles. The number of rotatable bonds is 4. The van der Waals surface area contributed by atoms with Crippen molar-refractivity contribution in [2.75, 3.05) is 13.6 Å². The summed E-state index contributed by atoms with van der Waals surface area (Å²) in [6, 6.07) is 4.15. The summed E-state index contributed by atoms with van der Waals surface area (Å²) in [5, 5.41) is 10.1. The molecule has 21 heavy (non-hydrogen) atoms. The second-order valence-corrected chi connectivity index (χ2v) is 6.51. The molecule has 0 aliphatic heterocycles. The first-order chi connectivity index (χ1) is 10.1. The predicted octanol–water partition coefficient (Wildman–Crippen LogP) is 2.63. The van der Waals surface area contributed by atoms with E-state index in [4.69, 9.17) is 0 Å². The molecule has 1 N–H and O–H groups in total. The van der Waals surface area contributed by atoms with Gasteiger partial charge in [-0.3, -0.25) is 0 Å². The number of aliphatic hydroxyl groups is 1. The highest BCUT2D eigenvalue weighted by Crippen LogP contribution is 2.25. The molecule has 2 heterocycles. The molecule has 114 valence electrons. The van der Waals surface area contributed by atoms with Crippen LogP contribution < -0.4 is 0 Å². The summed E-state index contributed by atoms with van der Waals surface area (Å²) in [5.74, 6) is 0.419. The van der Waals surface area contributed by atoms with Crippen molar-refractivity contribution in [3.63, 3.8) is 0 Å². The van der Waals surface area contributed by atoms with Crippen LogP contribution in [0.5, 0.6) is 0 Å². The largest absolute Gasteiger partial charge is 0.393 e. The Bertz CT molecular complexity index is 607. The Kier molecular flexibility index (Phi) is 4.27.